The molecular formula is C11H9FN4O. The smallest absolute Gasteiger partial charge is 0.275 e. The molecule has 0 atom stereocenters. The predicted molar refractivity (Wildman–Crippen MR) is 60.8 cm³/mol. The van der Waals surface area contributed by atoms with Gasteiger partial charge in [0.05, 0.1) is 12.4 Å². The molecule has 3 N–H and O–H groups in total. The second-order valence-corrected chi connectivity index (χ2v) is 3.29. The number of halogens is 1. The largest absolute Gasteiger partial charge is 0.382 e. The number of nitrogens with one attached hydrogen (secondary N) is 1. The van der Waals surface area contributed by atoms with Crippen LogP contribution in [-0.2, 0) is 0 Å². The summed E-state index contributed by atoms with van der Waals surface area (Å²) in [5.41, 5.74) is 5.97. The summed E-state index contributed by atoms with van der Waals surface area (Å²) in [6.07, 6.45) is 2.56. The molecule has 0 aliphatic carbocycles. The third kappa shape index (κ3) is 2.75. The number of benzene rings is 1. The Hall–Kier alpha value is -2.50. The lowest BCUT2D eigenvalue weighted by molar-refractivity contribution is 0.102. The van der Waals surface area contributed by atoms with Crippen molar-refractivity contribution in [1.82, 2.24) is 9.97 Å². The minimum atomic E-state index is -0.427. The Morgan fingerprint density at radius 3 is 2.47 bits per heavy atom. The number of aromatic nitrogens is 2. The molecule has 2 aromatic rings. The van der Waals surface area contributed by atoms with E-state index in [2.05, 4.69) is 15.3 Å². The third-order valence-corrected chi connectivity index (χ3v) is 2.01. The molecule has 6 heteroatoms. The Bertz CT molecular complexity index is 524. The lowest BCUT2D eigenvalue weighted by Gasteiger charge is -2.04. The van der Waals surface area contributed by atoms with Gasteiger partial charge in [-0.15, -0.1) is 0 Å². The van der Waals surface area contributed by atoms with Gasteiger partial charge in [-0.3, -0.25) is 4.79 Å². The van der Waals surface area contributed by atoms with E-state index in [1.165, 1.54) is 36.7 Å². The van der Waals surface area contributed by atoms with Crippen LogP contribution in [0.3, 0.4) is 0 Å². The van der Waals surface area contributed by atoms with E-state index in [0.29, 0.717) is 5.69 Å². The van der Waals surface area contributed by atoms with Gasteiger partial charge in [0.2, 0.25) is 0 Å². The van der Waals surface area contributed by atoms with E-state index in [9.17, 15) is 9.18 Å². The normalized spacial score (nSPS) is 9.94. The maximum Gasteiger partial charge on any atom is 0.275 e. The van der Waals surface area contributed by atoms with Crippen LogP contribution in [0.5, 0.6) is 0 Å². The molecule has 1 amide bonds. The molecule has 0 spiro atoms. The molecule has 0 radical (unpaired) electrons. The third-order valence-electron chi connectivity index (χ3n) is 2.01. The fraction of sp³-hybridized carbons (Fsp3) is 0. The molecule has 2 rings (SSSR count). The summed E-state index contributed by atoms with van der Waals surface area (Å²) in [5.74, 6) is -0.553. The minimum absolute atomic E-state index is 0.142. The van der Waals surface area contributed by atoms with Crippen LogP contribution in [0.4, 0.5) is 15.9 Å². The van der Waals surface area contributed by atoms with Crippen LogP contribution < -0.4 is 11.1 Å². The Kier molecular flexibility index (Phi) is 2.95. The highest BCUT2D eigenvalue weighted by atomic mass is 19.1. The van der Waals surface area contributed by atoms with Gasteiger partial charge in [-0.25, -0.2) is 14.4 Å². The molecule has 5 nitrogen and oxygen atoms in total. The van der Waals surface area contributed by atoms with E-state index < -0.39 is 5.91 Å². The van der Waals surface area contributed by atoms with E-state index in [1.54, 1.807) is 0 Å². The zero-order valence-corrected chi connectivity index (χ0v) is 8.72. The summed E-state index contributed by atoms with van der Waals surface area (Å²) in [4.78, 5) is 19.2. The van der Waals surface area contributed by atoms with Crippen LogP contribution in [-0.4, -0.2) is 15.9 Å². The molecule has 1 aromatic carbocycles. The first-order valence-corrected chi connectivity index (χ1v) is 4.79. The number of nitrogens with two attached hydrogens (primary N) is 1. The molecule has 0 unspecified atom stereocenters. The number of nitrogens with zero attached hydrogens (tertiary/aromatic N) is 2. The van der Waals surface area contributed by atoms with Crippen LogP contribution in [0.15, 0.2) is 36.7 Å². The van der Waals surface area contributed by atoms with Crippen LogP contribution in [0, 0.1) is 5.82 Å². The Labute approximate surface area is 96.5 Å². The lowest BCUT2D eigenvalue weighted by atomic mass is 10.3. The maximum absolute atomic E-state index is 12.6. The number of carbonyl (C=O) groups is 1. The second-order valence-electron chi connectivity index (χ2n) is 3.29. The van der Waals surface area contributed by atoms with Crippen LogP contribution in [0.1, 0.15) is 10.5 Å². The van der Waals surface area contributed by atoms with Gasteiger partial charge in [-0.1, -0.05) is 0 Å². The van der Waals surface area contributed by atoms with Crippen molar-refractivity contribution in [2.75, 3.05) is 11.1 Å². The average molecular weight is 232 g/mol. The molecule has 0 bridgehead atoms. The molecule has 0 saturated carbocycles. The van der Waals surface area contributed by atoms with E-state index >= 15 is 0 Å². The van der Waals surface area contributed by atoms with Crippen LogP contribution in [0.25, 0.3) is 0 Å². The molecule has 0 aliphatic heterocycles. The minimum Gasteiger partial charge on any atom is -0.382 e. The van der Waals surface area contributed by atoms with Crippen molar-refractivity contribution in [3.05, 3.63) is 48.2 Å². The van der Waals surface area contributed by atoms with Crippen molar-refractivity contribution in [2.24, 2.45) is 0 Å². The second kappa shape index (κ2) is 4.56. The van der Waals surface area contributed by atoms with Gasteiger partial charge in [0.1, 0.15) is 17.3 Å². The number of carbonyl (C=O) groups excluding carboxylic acids is 1. The fourth-order valence-electron chi connectivity index (χ4n) is 1.18. The highest BCUT2D eigenvalue weighted by Gasteiger charge is 2.07. The first-order chi connectivity index (χ1) is 8.15. The number of nitrogen functional groups attached to an aromatic ring is 1. The molecule has 0 fully saturated rings. The molecule has 0 aliphatic rings. The Morgan fingerprint density at radius 2 is 1.88 bits per heavy atom. The van der Waals surface area contributed by atoms with Gasteiger partial charge >= 0.3 is 0 Å². The standard InChI is InChI=1S/C11H9FN4O/c12-7-1-3-8(4-2-7)16-11(17)9-5-15-10(13)6-14-9/h1-6H,(H2,13,15)(H,16,17). The van der Waals surface area contributed by atoms with E-state index in [0.717, 1.165) is 0 Å². The number of amides is 1. The van der Waals surface area contributed by atoms with E-state index in [4.69, 9.17) is 5.73 Å². The fourth-order valence-corrected chi connectivity index (χ4v) is 1.18. The number of hydrogen-bond acceptors (Lipinski definition) is 4. The van der Waals surface area contributed by atoms with Crippen LogP contribution in [0.2, 0.25) is 0 Å². The quantitative estimate of drug-likeness (QED) is 0.821. The average Bonchev–Trinajstić information content (AvgIpc) is 2.33. The van der Waals surface area contributed by atoms with Gasteiger partial charge in [0, 0.05) is 5.69 Å². The van der Waals surface area contributed by atoms with E-state index in [1.807, 2.05) is 0 Å². The SMILES string of the molecule is Nc1cnc(C(=O)Nc2ccc(F)cc2)cn1. The van der Waals surface area contributed by atoms with Crippen molar-refractivity contribution in [1.29, 1.82) is 0 Å². The van der Waals surface area contributed by atoms with Gasteiger partial charge < -0.3 is 11.1 Å². The maximum atomic E-state index is 12.6. The van der Waals surface area contributed by atoms with Crippen molar-refractivity contribution in [3.8, 4) is 0 Å². The number of rotatable bonds is 2. The molecule has 1 heterocycles. The summed E-state index contributed by atoms with van der Waals surface area (Å²) in [5, 5.41) is 2.56. The van der Waals surface area contributed by atoms with Crippen molar-refractivity contribution in [2.45, 2.75) is 0 Å². The topological polar surface area (TPSA) is 80.9 Å². The number of hydrogen-bond donors (Lipinski definition) is 2. The summed E-state index contributed by atoms with van der Waals surface area (Å²) < 4.78 is 12.6. The van der Waals surface area contributed by atoms with Gasteiger partial charge in [0.15, 0.2) is 0 Å². The summed E-state index contributed by atoms with van der Waals surface area (Å²) in [6.45, 7) is 0. The Balaban J connectivity index is 2.11. The summed E-state index contributed by atoms with van der Waals surface area (Å²) in [7, 11) is 0. The van der Waals surface area contributed by atoms with E-state index in [-0.39, 0.29) is 17.3 Å². The molecular weight excluding hydrogens is 223 g/mol. The van der Waals surface area contributed by atoms with Crippen LogP contribution >= 0.6 is 0 Å². The zero-order valence-electron chi connectivity index (χ0n) is 8.72. The zero-order chi connectivity index (χ0) is 12.3. The highest BCUT2D eigenvalue weighted by molar-refractivity contribution is 6.02. The van der Waals surface area contributed by atoms with Crippen molar-refractivity contribution in [3.63, 3.8) is 0 Å². The van der Waals surface area contributed by atoms with Crippen molar-refractivity contribution >= 4 is 17.4 Å². The Morgan fingerprint density at radius 1 is 1.18 bits per heavy atom. The first-order valence-electron chi connectivity index (χ1n) is 4.79. The molecule has 17 heavy (non-hydrogen) atoms. The van der Waals surface area contributed by atoms with Gasteiger partial charge in [0.25, 0.3) is 5.91 Å². The molecule has 1 aromatic heterocycles. The summed E-state index contributed by atoms with van der Waals surface area (Å²) in [6, 6.07) is 5.42. The molecule has 86 valence electrons. The monoisotopic (exact) mass is 232 g/mol. The van der Waals surface area contributed by atoms with Gasteiger partial charge in [-0.05, 0) is 24.3 Å². The lowest BCUT2D eigenvalue weighted by Crippen LogP contribution is -2.14. The summed E-state index contributed by atoms with van der Waals surface area (Å²) >= 11 is 0. The predicted octanol–water partition coefficient (Wildman–Crippen LogP) is 1.45. The highest BCUT2D eigenvalue weighted by Crippen LogP contribution is 2.09. The number of anilines is 2. The molecule has 0 saturated heterocycles. The van der Waals surface area contributed by atoms with Crippen molar-refractivity contribution < 1.29 is 9.18 Å². The first kappa shape index (κ1) is 11.0. The van der Waals surface area contributed by atoms with Gasteiger partial charge in [-0.2, -0.15) is 0 Å².